The lowest BCUT2D eigenvalue weighted by Gasteiger charge is -2.31. The molecule has 0 amide bonds. The summed E-state index contributed by atoms with van der Waals surface area (Å²) in [6, 6.07) is 0.418. The predicted octanol–water partition coefficient (Wildman–Crippen LogP) is 0.705. The van der Waals surface area contributed by atoms with E-state index in [0.717, 1.165) is 56.8 Å². The van der Waals surface area contributed by atoms with Gasteiger partial charge in [0.05, 0.1) is 6.04 Å². The van der Waals surface area contributed by atoms with Crippen LogP contribution < -0.4 is 0 Å². The number of aliphatic hydroxyl groups excluding tert-OH is 1. The molecule has 0 spiro atoms. The molecule has 3 rings (SSSR count). The normalized spacial score (nSPS) is 31.1. The Morgan fingerprint density at radius 3 is 2.41 bits per heavy atom. The summed E-state index contributed by atoms with van der Waals surface area (Å²) < 4.78 is 16.9. The molecule has 0 aromatic carbocycles. The van der Waals surface area contributed by atoms with Crippen LogP contribution in [0, 0.1) is 5.41 Å². The van der Waals surface area contributed by atoms with Crippen molar-refractivity contribution >= 4 is 9.73 Å². The number of nitrogens with zero attached hydrogens (tertiary/aromatic N) is 2. The van der Waals surface area contributed by atoms with E-state index in [1.807, 2.05) is 0 Å². The molecule has 2 aliphatic carbocycles. The molecular formula is C12H22N2O2S. The molecule has 1 heterocycles. The second kappa shape index (κ2) is 4.21. The second-order valence-electron chi connectivity index (χ2n) is 5.95. The molecule has 1 saturated heterocycles. The van der Waals surface area contributed by atoms with Gasteiger partial charge >= 0.3 is 0 Å². The van der Waals surface area contributed by atoms with Crippen LogP contribution in [0.2, 0.25) is 0 Å². The Kier molecular flexibility index (Phi) is 2.96. The van der Waals surface area contributed by atoms with Gasteiger partial charge in [-0.1, -0.05) is 0 Å². The highest BCUT2D eigenvalue weighted by Gasteiger charge is 2.43. The summed E-state index contributed by atoms with van der Waals surface area (Å²) in [4.78, 5) is 2.37. The van der Waals surface area contributed by atoms with Crippen LogP contribution in [0.25, 0.3) is 0 Å². The molecule has 0 radical (unpaired) electrons. The minimum Gasteiger partial charge on any atom is -0.396 e. The van der Waals surface area contributed by atoms with Crippen LogP contribution in [0.4, 0.5) is 0 Å². The average molecular weight is 258 g/mol. The second-order valence-corrected chi connectivity index (χ2v) is 8.52. The van der Waals surface area contributed by atoms with Crippen molar-refractivity contribution in [2.45, 2.75) is 31.7 Å². The monoisotopic (exact) mass is 258 g/mol. The Morgan fingerprint density at radius 2 is 1.94 bits per heavy atom. The molecule has 0 bridgehead atoms. The van der Waals surface area contributed by atoms with Gasteiger partial charge in [0.2, 0.25) is 0 Å². The SMILES string of the molecule is O=S1(=NC2CC2)CCN(CC2(CO)CC2)CC1. The lowest BCUT2D eigenvalue weighted by atomic mass is 10.1. The molecule has 17 heavy (non-hydrogen) atoms. The molecule has 0 atom stereocenters. The zero-order valence-corrected chi connectivity index (χ0v) is 11.1. The molecule has 1 N–H and O–H groups in total. The molecule has 3 fully saturated rings. The van der Waals surface area contributed by atoms with E-state index in [2.05, 4.69) is 9.26 Å². The van der Waals surface area contributed by atoms with Crippen molar-refractivity contribution in [3.63, 3.8) is 0 Å². The molecule has 0 unspecified atom stereocenters. The Labute approximate surface area is 104 Å². The van der Waals surface area contributed by atoms with E-state index in [1.54, 1.807) is 0 Å². The number of hydrogen-bond donors (Lipinski definition) is 1. The van der Waals surface area contributed by atoms with Gasteiger partial charge in [-0.25, -0.2) is 8.57 Å². The zero-order chi connectivity index (χ0) is 11.9. The molecule has 1 aliphatic heterocycles. The van der Waals surface area contributed by atoms with Crippen molar-refractivity contribution in [1.29, 1.82) is 0 Å². The van der Waals surface area contributed by atoms with Gasteiger partial charge in [-0.3, -0.25) is 0 Å². The van der Waals surface area contributed by atoms with Crippen LogP contribution in [0.1, 0.15) is 25.7 Å². The Bertz CT molecular complexity index is 393. The van der Waals surface area contributed by atoms with Crippen LogP contribution in [0.5, 0.6) is 0 Å². The van der Waals surface area contributed by atoms with E-state index < -0.39 is 9.73 Å². The molecule has 0 aromatic rings. The minimum atomic E-state index is -1.88. The Morgan fingerprint density at radius 1 is 1.29 bits per heavy atom. The third-order valence-electron chi connectivity index (χ3n) is 4.19. The van der Waals surface area contributed by atoms with Crippen molar-refractivity contribution < 1.29 is 9.32 Å². The maximum atomic E-state index is 12.4. The van der Waals surface area contributed by atoms with E-state index in [-0.39, 0.29) is 5.41 Å². The Hall–Kier alpha value is -0.130. The van der Waals surface area contributed by atoms with Crippen molar-refractivity contribution in [1.82, 2.24) is 4.90 Å². The van der Waals surface area contributed by atoms with E-state index >= 15 is 0 Å². The molecule has 4 nitrogen and oxygen atoms in total. The van der Waals surface area contributed by atoms with Crippen LogP contribution >= 0.6 is 0 Å². The van der Waals surface area contributed by atoms with Crippen molar-refractivity contribution in [2.24, 2.45) is 9.78 Å². The van der Waals surface area contributed by atoms with E-state index in [1.165, 1.54) is 0 Å². The number of hydrogen-bond acceptors (Lipinski definition) is 4. The van der Waals surface area contributed by atoms with Crippen LogP contribution in [-0.2, 0) is 9.73 Å². The molecule has 3 aliphatic rings. The predicted molar refractivity (Wildman–Crippen MR) is 68.5 cm³/mol. The van der Waals surface area contributed by atoms with E-state index in [9.17, 15) is 9.32 Å². The van der Waals surface area contributed by atoms with Crippen LogP contribution in [0.15, 0.2) is 4.36 Å². The van der Waals surface area contributed by atoms with Crippen LogP contribution in [-0.4, -0.2) is 58.0 Å². The maximum absolute atomic E-state index is 12.4. The summed E-state index contributed by atoms with van der Waals surface area (Å²) >= 11 is 0. The number of rotatable bonds is 4. The lowest BCUT2D eigenvalue weighted by molar-refractivity contribution is 0.154. The summed E-state index contributed by atoms with van der Waals surface area (Å²) in [6.45, 7) is 3.10. The van der Waals surface area contributed by atoms with E-state index in [4.69, 9.17) is 0 Å². The third kappa shape index (κ3) is 2.83. The van der Waals surface area contributed by atoms with Crippen molar-refractivity contribution in [2.75, 3.05) is 37.7 Å². The molecule has 2 saturated carbocycles. The fraction of sp³-hybridized carbons (Fsp3) is 1.00. The maximum Gasteiger partial charge on any atom is 0.0595 e. The van der Waals surface area contributed by atoms with Gasteiger partial charge in [0.15, 0.2) is 0 Å². The lowest BCUT2D eigenvalue weighted by Crippen LogP contribution is -2.43. The van der Waals surface area contributed by atoms with Gasteiger partial charge in [0.1, 0.15) is 0 Å². The highest BCUT2D eigenvalue weighted by molar-refractivity contribution is 7.93. The zero-order valence-electron chi connectivity index (χ0n) is 10.3. The highest BCUT2D eigenvalue weighted by atomic mass is 32.2. The molecule has 98 valence electrons. The number of aliphatic hydroxyl groups is 1. The van der Waals surface area contributed by atoms with Gasteiger partial charge in [0, 0.05) is 52.9 Å². The molecule has 5 heteroatoms. The first-order valence-corrected chi connectivity index (χ1v) is 8.53. The third-order valence-corrected chi connectivity index (χ3v) is 6.52. The fourth-order valence-electron chi connectivity index (χ4n) is 2.49. The quantitative estimate of drug-likeness (QED) is 0.808. The van der Waals surface area contributed by atoms with Crippen LogP contribution in [0.3, 0.4) is 0 Å². The summed E-state index contributed by atoms with van der Waals surface area (Å²) in [5.74, 6) is 1.48. The summed E-state index contributed by atoms with van der Waals surface area (Å²) in [7, 11) is -1.88. The largest absolute Gasteiger partial charge is 0.396 e. The highest BCUT2D eigenvalue weighted by Crippen LogP contribution is 2.45. The first kappa shape index (κ1) is 11.9. The topological polar surface area (TPSA) is 52.9 Å². The smallest absolute Gasteiger partial charge is 0.0595 e. The van der Waals surface area contributed by atoms with Gasteiger partial charge < -0.3 is 10.0 Å². The fourth-order valence-corrected chi connectivity index (χ4v) is 4.75. The molecular weight excluding hydrogens is 236 g/mol. The Balaban J connectivity index is 1.55. The first-order valence-electron chi connectivity index (χ1n) is 6.68. The van der Waals surface area contributed by atoms with Gasteiger partial charge in [-0.2, -0.15) is 0 Å². The van der Waals surface area contributed by atoms with Gasteiger partial charge in [-0.15, -0.1) is 0 Å². The van der Waals surface area contributed by atoms with Crippen molar-refractivity contribution in [3.05, 3.63) is 0 Å². The average Bonchev–Trinajstić information content (AvgIpc) is 3.20. The summed E-state index contributed by atoms with van der Waals surface area (Å²) in [5, 5.41) is 9.32. The summed E-state index contributed by atoms with van der Waals surface area (Å²) in [6.07, 6.45) is 4.60. The van der Waals surface area contributed by atoms with Crippen molar-refractivity contribution in [3.8, 4) is 0 Å². The van der Waals surface area contributed by atoms with Gasteiger partial charge in [0.25, 0.3) is 0 Å². The standard InChI is InChI=1S/C12H22N2O2S/c15-10-12(3-4-12)9-14-5-7-17(16,8-6-14)13-11-1-2-11/h11,15H,1-10H2. The van der Waals surface area contributed by atoms with Gasteiger partial charge in [-0.05, 0) is 25.7 Å². The van der Waals surface area contributed by atoms with E-state index in [0.29, 0.717) is 12.6 Å². The minimum absolute atomic E-state index is 0.186. The first-order chi connectivity index (χ1) is 8.13. The molecule has 0 aromatic heterocycles. The summed E-state index contributed by atoms with van der Waals surface area (Å²) in [5.41, 5.74) is 0.186.